The number of ether oxygens (including phenoxy) is 1. The van der Waals surface area contributed by atoms with Crippen LogP contribution in [0.4, 0.5) is 11.4 Å². The number of benzene rings is 3. The molecule has 1 atom stereocenters. The Balaban J connectivity index is 2.05. The largest absolute Gasteiger partial charge is 0.495 e. The molecule has 4 rings (SSSR count). The molecule has 0 bridgehead atoms. The zero-order valence-electron chi connectivity index (χ0n) is 19.8. The average Bonchev–Trinajstić information content (AvgIpc) is 3.15. The summed E-state index contributed by atoms with van der Waals surface area (Å²) in [6.45, 7) is 1.64. The summed E-state index contributed by atoms with van der Waals surface area (Å²) in [7, 11) is -3.69. The first-order valence-electron chi connectivity index (χ1n) is 10.9. The Kier molecular flexibility index (Phi) is 7.35. The number of carbonyl (C=O) groups is 2. The summed E-state index contributed by atoms with van der Waals surface area (Å²) in [5.74, 6) is -2.58. The highest BCUT2D eigenvalue weighted by Crippen LogP contribution is 2.51. The van der Waals surface area contributed by atoms with Crippen molar-refractivity contribution >= 4 is 56.4 Å². The van der Waals surface area contributed by atoms with Crippen LogP contribution in [-0.2, 0) is 29.9 Å². The highest BCUT2D eigenvalue weighted by molar-refractivity contribution is 7.93. The molecule has 0 saturated carbocycles. The zero-order chi connectivity index (χ0) is 27.8. The first-order valence-corrected chi connectivity index (χ1v) is 13.1. The monoisotopic (exact) mass is 579 g/mol. The number of nitro benzene ring substituents is 1. The molecule has 1 aliphatic rings. The van der Waals surface area contributed by atoms with Crippen LogP contribution in [0.1, 0.15) is 18.1 Å². The van der Waals surface area contributed by atoms with Crippen LogP contribution in [-0.4, -0.2) is 38.9 Å². The number of methoxy groups -OCH3 is 1. The van der Waals surface area contributed by atoms with E-state index in [1.807, 2.05) is 0 Å². The van der Waals surface area contributed by atoms with Gasteiger partial charge in [-0.3, -0.25) is 24.5 Å². The van der Waals surface area contributed by atoms with Crippen molar-refractivity contribution in [1.29, 1.82) is 0 Å². The van der Waals surface area contributed by atoms with Crippen molar-refractivity contribution in [1.82, 2.24) is 5.48 Å². The van der Waals surface area contributed by atoms with E-state index in [0.717, 1.165) is 25.3 Å². The number of rotatable bonds is 8. The number of carbonyl (C=O) groups excluding carboxylic acids is 2. The molecule has 0 radical (unpaired) electrons. The van der Waals surface area contributed by atoms with Gasteiger partial charge in [0, 0.05) is 27.2 Å². The number of halogens is 2. The van der Waals surface area contributed by atoms with Gasteiger partial charge in [0.15, 0.2) is 5.41 Å². The number of sulfonamides is 1. The molecule has 11 nitrogen and oxygen atoms in total. The van der Waals surface area contributed by atoms with E-state index in [9.17, 15) is 28.1 Å². The van der Waals surface area contributed by atoms with Crippen molar-refractivity contribution in [2.45, 2.75) is 17.2 Å². The Morgan fingerprint density at radius 2 is 1.82 bits per heavy atom. The van der Waals surface area contributed by atoms with Gasteiger partial charge < -0.3 is 4.74 Å². The van der Waals surface area contributed by atoms with E-state index in [-0.39, 0.29) is 39.2 Å². The molecular formula is C24H19Cl2N3O8S. The highest BCUT2D eigenvalue weighted by atomic mass is 35.5. The first-order chi connectivity index (χ1) is 18.0. The predicted molar refractivity (Wildman–Crippen MR) is 138 cm³/mol. The van der Waals surface area contributed by atoms with Crippen LogP contribution < -0.4 is 14.5 Å². The molecule has 3 aromatic rings. The van der Waals surface area contributed by atoms with E-state index in [4.69, 9.17) is 32.8 Å². The van der Waals surface area contributed by atoms with E-state index in [0.29, 0.717) is 4.31 Å². The maximum Gasteiger partial charge on any atom is 0.274 e. The maximum atomic E-state index is 14.3. The zero-order valence-corrected chi connectivity index (χ0v) is 22.1. The van der Waals surface area contributed by atoms with Crippen LogP contribution in [0.15, 0.2) is 65.6 Å². The molecule has 1 N–H and O–H groups in total. The number of amides is 2. The van der Waals surface area contributed by atoms with Crippen molar-refractivity contribution in [3.05, 3.63) is 92.0 Å². The number of fused-ring (bicyclic) bond motifs is 1. The van der Waals surface area contributed by atoms with Gasteiger partial charge in [0.05, 0.1) is 30.4 Å². The van der Waals surface area contributed by atoms with Crippen molar-refractivity contribution in [2.24, 2.45) is 0 Å². The summed E-state index contributed by atoms with van der Waals surface area (Å²) < 4.78 is 33.6. The van der Waals surface area contributed by atoms with Gasteiger partial charge in [-0.15, -0.1) is 0 Å². The van der Waals surface area contributed by atoms with Gasteiger partial charge in [-0.25, -0.2) is 18.2 Å². The van der Waals surface area contributed by atoms with Crippen LogP contribution in [0.2, 0.25) is 10.0 Å². The average molecular weight is 580 g/mol. The fourth-order valence-corrected chi connectivity index (χ4v) is 6.32. The third-order valence-corrected chi connectivity index (χ3v) is 8.19. The van der Waals surface area contributed by atoms with E-state index < -0.39 is 42.8 Å². The molecule has 198 valence electrons. The van der Waals surface area contributed by atoms with E-state index >= 15 is 0 Å². The summed E-state index contributed by atoms with van der Waals surface area (Å²) >= 11 is 12.7. The van der Waals surface area contributed by atoms with Gasteiger partial charge in [0.25, 0.3) is 27.5 Å². The number of hydrogen-bond acceptors (Lipinski definition) is 8. The maximum absolute atomic E-state index is 14.3. The fourth-order valence-electron chi connectivity index (χ4n) is 4.26. The minimum absolute atomic E-state index is 0.00517. The molecule has 0 saturated heterocycles. The van der Waals surface area contributed by atoms with Crippen molar-refractivity contribution in [3.8, 4) is 5.75 Å². The van der Waals surface area contributed by atoms with Crippen molar-refractivity contribution in [2.75, 3.05) is 18.0 Å². The summed E-state index contributed by atoms with van der Waals surface area (Å²) in [5, 5.41) is 11.3. The van der Waals surface area contributed by atoms with Gasteiger partial charge in [-0.2, -0.15) is 0 Å². The SMILES string of the molecule is CCONC(=O)C1(c2ccccc2Cl)C(=O)N(S(=O)(=O)c2ccc([N+](=O)[O-])cc2OC)c2ccc(Cl)cc21. The number of nitro groups is 1. The molecule has 0 aliphatic carbocycles. The van der Waals surface area contributed by atoms with Crippen LogP contribution in [0.5, 0.6) is 5.75 Å². The van der Waals surface area contributed by atoms with Crippen molar-refractivity contribution in [3.63, 3.8) is 0 Å². The van der Waals surface area contributed by atoms with Crippen molar-refractivity contribution < 1.29 is 32.5 Å². The number of hydroxylamine groups is 1. The smallest absolute Gasteiger partial charge is 0.274 e. The molecular weight excluding hydrogens is 561 g/mol. The minimum Gasteiger partial charge on any atom is -0.495 e. The van der Waals surface area contributed by atoms with Gasteiger partial charge in [-0.1, -0.05) is 41.4 Å². The topological polar surface area (TPSA) is 145 Å². The lowest BCUT2D eigenvalue weighted by Crippen LogP contribution is -2.53. The lowest BCUT2D eigenvalue weighted by atomic mass is 9.74. The number of nitrogens with zero attached hydrogens (tertiary/aromatic N) is 2. The highest BCUT2D eigenvalue weighted by Gasteiger charge is 2.62. The molecule has 0 aromatic heterocycles. The van der Waals surface area contributed by atoms with Gasteiger partial charge >= 0.3 is 0 Å². The Morgan fingerprint density at radius 3 is 2.45 bits per heavy atom. The Hall–Kier alpha value is -3.71. The van der Waals surface area contributed by atoms with Gasteiger partial charge in [-0.05, 0) is 37.3 Å². The normalized spacial score (nSPS) is 16.7. The quantitative estimate of drug-likeness (QED) is 0.239. The molecule has 3 aromatic carbocycles. The van der Waals surface area contributed by atoms with E-state index in [1.54, 1.807) is 13.0 Å². The number of nitrogens with one attached hydrogen (secondary N) is 1. The Labute approximate surface area is 227 Å². The van der Waals surface area contributed by atoms with Crippen LogP contribution in [0.25, 0.3) is 0 Å². The number of anilines is 1. The number of non-ortho nitro benzene ring substituents is 1. The molecule has 1 unspecified atom stereocenters. The number of hydrogen-bond donors (Lipinski definition) is 1. The van der Waals surface area contributed by atoms with Crippen LogP contribution in [0.3, 0.4) is 0 Å². The molecule has 38 heavy (non-hydrogen) atoms. The van der Waals surface area contributed by atoms with Crippen LogP contribution >= 0.6 is 23.2 Å². The summed E-state index contributed by atoms with van der Waals surface area (Å²) in [6, 6.07) is 12.7. The summed E-state index contributed by atoms with van der Waals surface area (Å²) in [4.78, 5) is 43.1. The Bertz CT molecular complexity index is 1580. The fraction of sp³-hybridized carbons (Fsp3) is 0.167. The molecule has 0 fully saturated rings. The lowest BCUT2D eigenvalue weighted by molar-refractivity contribution is -0.385. The van der Waals surface area contributed by atoms with E-state index in [2.05, 4.69) is 5.48 Å². The molecule has 14 heteroatoms. The Morgan fingerprint density at radius 1 is 1.11 bits per heavy atom. The van der Waals surface area contributed by atoms with Gasteiger partial charge in [0.1, 0.15) is 10.6 Å². The second-order valence-corrected chi connectivity index (χ2v) is 10.5. The van der Waals surface area contributed by atoms with E-state index in [1.165, 1.54) is 36.4 Å². The predicted octanol–water partition coefficient (Wildman–Crippen LogP) is 4.00. The summed E-state index contributed by atoms with van der Waals surface area (Å²) in [6.07, 6.45) is 0. The molecule has 1 aliphatic heterocycles. The first kappa shape index (κ1) is 27.3. The molecule has 1 heterocycles. The molecule has 2 amide bonds. The van der Waals surface area contributed by atoms with Crippen LogP contribution in [0, 0.1) is 10.1 Å². The molecule has 0 spiro atoms. The van der Waals surface area contributed by atoms with Gasteiger partial charge in [0.2, 0.25) is 0 Å². The lowest BCUT2D eigenvalue weighted by Gasteiger charge is -2.28. The second kappa shape index (κ2) is 10.2. The summed E-state index contributed by atoms with van der Waals surface area (Å²) in [5.41, 5.74) is -0.803. The third kappa shape index (κ3) is 4.15. The third-order valence-electron chi connectivity index (χ3n) is 5.89. The second-order valence-electron chi connectivity index (χ2n) is 7.92. The minimum atomic E-state index is -4.82. The standard InChI is InChI=1S/C24H19Cl2N3O8S/c1-3-37-27-22(30)24(16-6-4-5-7-18(16)26)17-12-14(25)8-10-19(17)28(23(24)31)38(34,35)21-11-9-15(29(32)33)13-20(21)36-2/h4-13H,3H2,1-2H3,(H,27,30).